The number of hydrogen-bond acceptors (Lipinski definition) is 5. The van der Waals surface area contributed by atoms with Crippen LogP contribution < -0.4 is 0 Å². The van der Waals surface area contributed by atoms with Crippen molar-refractivity contribution < 1.29 is 24.5 Å². The van der Waals surface area contributed by atoms with E-state index in [1.54, 1.807) is 6.08 Å². The third-order valence-corrected chi connectivity index (χ3v) is 5.47. The first-order valence-electron chi connectivity index (χ1n) is 10.4. The topological polar surface area (TPSA) is 83.8 Å². The summed E-state index contributed by atoms with van der Waals surface area (Å²) in [4.78, 5) is 23.4. The van der Waals surface area contributed by atoms with E-state index < -0.39 is 11.8 Å². The summed E-state index contributed by atoms with van der Waals surface area (Å²) in [6.07, 6.45) is 16.9. The van der Waals surface area contributed by atoms with Crippen molar-refractivity contribution in [2.24, 2.45) is 17.8 Å². The number of hydrogen-bond donors (Lipinski definition) is 2. The molecule has 0 spiro atoms. The SMILES string of the molecule is C=C[C@@H](C/C=C/[C@H]1CCC(=O)[C@@H]1C/C=C\CCC(O)(O)C(=O)OC)CCCC. The molecule has 2 N–H and O–H groups in total. The third-order valence-electron chi connectivity index (χ3n) is 5.47. The van der Waals surface area contributed by atoms with E-state index in [2.05, 4.69) is 30.4 Å². The lowest BCUT2D eigenvalue weighted by molar-refractivity contribution is -0.208. The maximum absolute atomic E-state index is 12.2. The molecule has 1 aliphatic carbocycles. The van der Waals surface area contributed by atoms with Gasteiger partial charge in [0.05, 0.1) is 7.11 Å². The number of Topliss-reactive ketones (excluding diaryl/α,β-unsaturated/α-hetero) is 1. The summed E-state index contributed by atoms with van der Waals surface area (Å²) in [5.74, 6) is -2.49. The number of unbranched alkanes of at least 4 members (excludes halogenated alkanes) is 1. The Balaban J connectivity index is 2.48. The number of allylic oxidation sites excluding steroid dienone is 5. The second-order valence-corrected chi connectivity index (χ2v) is 7.63. The Labute approximate surface area is 169 Å². The summed E-state index contributed by atoms with van der Waals surface area (Å²) in [6, 6.07) is 0. The van der Waals surface area contributed by atoms with Gasteiger partial charge in [0.1, 0.15) is 5.78 Å². The van der Waals surface area contributed by atoms with E-state index in [1.165, 1.54) is 12.8 Å². The van der Waals surface area contributed by atoms with Crippen LogP contribution in [0.5, 0.6) is 0 Å². The van der Waals surface area contributed by atoms with E-state index in [0.29, 0.717) is 31.0 Å². The van der Waals surface area contributed by atoms with Crippen molar-refractivity contribution in [3.05, 3.63) is 37.0 Å². The molecule has 0 aromatic carbocycles. The number of methoxy groups -OCH3 is 1. The highest BCUT2D eigenvalue weighted by Gasteiger charge is 2.34. The fourth-order valence-electron chi connectivity index (χ4n) is 3.61. The molecule has 0 radical (unpaired) electrons. The van der Waals surface area contributed by atoms with Crippen molar-refractivity contribution in [3.63, 3.8) is 0 Å². The lowest BCUT2D eigenvalue weighted by Crippen LogP contribution is -2.39. The van der Waals surface area contributed by atoms with Gasteiger partial charge in [0.25, 0.3) is 5.79 Å². The first-order valence-corrected chi connectivity index (χ1v) is 10.4. The maximum atomic E-state index is 12.2. The standard InChI is InChI=1S/C23H36O5/c1-4-6-11-18(5-2)12-10-13-19-15-16-21(24)20(19)14-8-7-9-17-23(26,27)22(25)28-3/h5,7-8,10,13,18-20,26-27H,2,4,6,9,11-12,14-17H2,1,3H3/b8-7-,13-10+/t18-,19+,20-/m1/s1. The van der Waals surface area contributed by atoms with Crippen LogP contribution in [0.3, 0.4) is 0 Å². The smallest absolute Gasteiger partial charge is 0.366 e. The van der Waals surface area contributed by atoms with Gasteiger partial charge in [-0.1, -0.05) is 50.1 Å². The van der Waals surface area contributed by atoms with Gasteiger partial charge in [0.2, 0.25) is 0 Å². The monoisotopic (exact) mass is 392 g/mol. The maximum Gasteiger partial charge on any atom is 0.366 e. The van der Waals surface area contributed by atoms with Gasteiger partial charge in [-0.15, -0.1) is 6.58 Å². The van der Waals surface area contributed by atoms with Gasteiger partial charge in [0, 0.05) is 18.8 Å². The highest BCUT2D eigenvalue weighted by molar-refractivity contribution is 5.83. The molecule has 0 heterocycles. The van der Waals surface area contributed by atoms with Crippen molar-refractivity contribution in [3.8, 4) is 0 Å². The summed E-state index contributed by atoms with van der Waals surface area (Å²) in [6.45, 7) is 6.11. The highest BCUT2D eigenvalue weighted by atomic mass is 16.6. The van der Waals surface area contributed by atoms with Crippen LogP contribution in [0.25, 0.3) is 0 Å². The molecule has 5 nitrogen and oxygen atoms in total. The summed E-state index contributed by atoms with van der Waals surface area (Å²) >= 11 is 0. The lowest BCUT2D eigenvalue weighted by Gasteiger charge is -2.17. The molecule has 5 heteroatoms. The van der Waals surface area contributed by atoms with Crippen LogP contribution in [0.1, 0.15) is 64.7 Å². The van der Waals surface area contributed by atoms with Gasteiger partial charge in [-0.3, -0.25) is 4.79 Å². The van der Waals surface area contributed by atoms with Crippen molar-refractivity contribution in [2.75, 3.05) is 7.11 Å². The minimum absolute atomic E-state index is 0.0149. The van der Waals surface area contributed by atoms with Crippen LogP contribution in [0.4, 0.5) is 0 Å². The van der Waals surface area contributed by atoms with Crippen LogP contribution in [-0.2, 0) is 14.3 Å². The molecule has 0 aliphatic heterocycles. The first kappa shape index (κ1) is 24.3. The molecular weight excluding hydrogens is 356 g/mol. The molecule has 0 saturated heterocycles. The molecule has 0 aromatic heterocycles. The largest absolute Gasteiger partial charge is 0.465 e. The zero-order valence-corrected chi connectivity index (χ0v) is 17.3. The summed E-state index contributed by atoms with van der Waals surface area (Å²) in [5, 5.41) is 19.1. The fraction of sp³-hybridized carbons (Fsp3) is 0.652. The van der Waals surface area contributed by atoms with Gasteiger partial charge in [-0.2, -0.15) is 0 Å². The second kappa shape index (κ2) is 12.7. The van der Waals surface area contributed by atoms with Crippen LogP contribution in [0.15, 0.2) is 37.0 Å². The van der Waals surface area contributed by atoms with Gasteiger partial charge < -0.3 is 14.9 Å². The molecule has 0 amide bonds. The van der Waals surface area contributed by atoms with E-state index in [0.717, 1.165) is 26.4 Å². The van der Waals surface area contributed by atoms with Crippen LogP contribution >= 0.6 is 0 Å². The molecule has 0 unspecified atom stereocenters. The number of ketones is 1. The number of carbonyl (C=O) groups excluding carboxylic acids is 2. The van der Waals surface area contributed by atoms with Crippen LogP contribution in [-0.4, -0.2) is 34.9 Å². The Kier molecular flexibility index (Phi) is 11.0. The number of carbonyl (C=O) groups is 2. The predicted molar refractivity (Wildman–Crippen MR) is 110 cm³/mol. The van der Waals surface area contributed by atoms with E-state index in [9.17, 15) is 19.8 Å². The highest BCUT2D eigenvalue weighted by Crippen LogP contribution is 2.33. The molecule has 0 bridgehead atoms. The van der Waals surface area contributed by atoms with Crippen molar-refractivity contribution in [1.29, 1.82) is 0 Å². The second-order valence-electron chi connectivity index (χ2n) is 7.63. The summed E-state index contributed by atoms with van der Waals surface area (Å²) in [7, 11) is 1.11. The van der Waals surface area contributed by atoms with Crippen LogP contribution in [0.2, 0.25) is 0 Å². The van der Waals surface area contributed by atoms with E-state index in [4.69, 9.17) is 0 Å². The van der Waals surface area contributed by atoms with Gasteiger partial charge in [0.15, 0.2) is 0 Å². The molecule has 3 atom stereocenters. The minimum atomic E-state index is -2.47. The molecule has 1 aliphatic rings. The first-order chi connectivity index (χ1) is 13.4. The minimum Gasteiger partial charge on any atom is -0.465 e. The van der Waals surface area contributed by atoms with Gasteiger partial charge >= 0.3 is 5.97 Å². The Morgan fingerprint density at radius 3 is 2.75 bits per heavy atom. The average molecular weight is 393 g/mol. The van der Waals surface area contributed by atoms with E-state index >= 15 is 0 Å². The Morgan fingerprint density at radius 1 is 1.36 bits per heavy atom. The number of rotatable bonds is 13. The predicted octanol–water partition coefficient (Wildman–Crippen LogP) is 4.10. The average Bonchev–Trinajstić information content (AvgIpc) is 3.03. The molecule has 0 aromatic rings. The zero-order valence-electron chi connectivity index (χ0n) is 17.3. The molecule has 1 saturated carbocycles. The quantitative estimate of drug-likeness (QED) is 0.280. The fourth-order valence-corrected chi connectivity index (χ4v) is 3.61. The molecule has 1 fully saturated rings. The Morgan fingerprint density at radius 2 is 2.11 bits per heavy atom. The van der Waals surface area contributed by atoms with Crippen molar-refractivity contribution >= 4 is 11.8 Å². The summed E-state index contributed by atoms with van der Waals surface area (Å²) in [5.41, 5.74) is 0. The summed E-state index contributed by atoms with van der Waals surface area (Å²) < 4.78 is 4.34. The van der Waals surface area contributed by atoms with Crippen molar-refractivity contribution in [2.45, 2.75) is 70.5 Å². The number of aliphatic hydroxyl groups is 2. The number of esters is 1. The van der Waals surface area contributed by atoms with Gasteiger partial charge in [-0.05, 0) is 43.9 Å². The van der Waals surface area contributed by atoms with E-state index in [-0.39, 0.29) is 18.3 Å². The normalized spacial score (nSPS) is 21.5. The number of ether oxygens (including phenoxy) is 1. The van der Waals surface area contributed by atoms with Crippen LogP contribution in [0, 0.1) is 17.8 Å². The zero-order chi connectivity index (χ0) is 21.0. The van der Waals surface area contributed by atoms with Crippen molar-refractivity contribution in [1.82, 2.24) is 0 Å². The molecule has 28 heavy (non-hydrogen) atoms. The van der Waals surface area contributed by atoms with Gasteiger partial charge in [-0.25, -0.2) is 4.79 Å². The Hall–Kier alpha value is -1.72. The van der Waals surface area contributed by atoms with E-state index in [1.807, 2.05) is 12.2 Å². The lowest BCUT2D eigenvalue weighted by atomic mass is 9.90. The third kappa shape index (κ3) is 8.11. The molecular formula is C23H36O5. The Bertz CT molecular complexity index is 561. The molecule has 1 rings (SSSR count). The molecule has 158 valence electrons.